The molecule has 0 saturated heterocycles. The first-order valence-electron chi connectivity index (χ1n) is 13.6. The van der Waals surface area contributed by atoms with Gasteiger partial charge in [0, 0.05) is 37.0 Å². The van der Waals surface area contributed by atoms with Crippen molar-refractivity contribution in [3.05, 3.63) is 125 Å². The van der Waals surface area contributed by atoms with Crippen LogP contribution >= 0.6 is 0 Å². The maximum atomic E-state index is 10.0. The van der Waals surface area contributed by atoms with Gasteiger partial charge in [-0.1, -0.05) is 80.9 Å². The van der Waals surface area contributed by atoms with Crippen molar-refractivity contribution in [2.45, 2.75) is 47.0 Å². The molecule has 1 aliphatic rings. The average molecular weight is 717 g/mol. The van der Waals surface area contributed by atoms with Gasteiger partial charge in [-0.05, 0) is 72.0 Å². The summed E-state index contributed by atoms with van der Waals surface area (Å²) in [5.74, 6) is -0.0625. The summed E-state index contributed by atoms with van der Waals surface area (Å²) in [4.78, 5) is 15.2. The molecule has 0 unspecified atom stereocenters. The molecule has 1 N–H and O–H groups in total. The minimum atomic E-state index is -0.125. The van der Waals surface area contributed by atoms with Crippen molar-refractivity contribution in [2.75, 3.05) is 0 Å². The number of aromatic nitrogens is 1. The number of hydrogen-bond donors (Lipinski definition) is 1. The first-order chi connectivity index (χ1) is 19.0. The first-order valence-corrected chi connectivity index (χ1v) is 13.6. The fourth-order valence-electron chi connectivity index (χ4n) is 5.57. The third kappa shape index (κ3) is 6.10. The molecule has 0 amide bonds. The zero-order valence-electron chi connectivity index (χ0n) is 24.3. The van der Waals surface area contributed by atoms with Crippen LogP contribution in [0.25, 0.3) is 44.4 Å². The zero-order valence-corrected chi connectivity index (χ0v) is 26.7. The van der Waals surface area contributed by atoms with Crippen molar-refractivity contribution < 1.29 is 30.0 Å². The van der Waals surface area contributed by atoms with E-state index in [9.17, 15) is 4.79 Å². The maximum absolute atomic E-state index is 10.0. The van der Waals surface area contributed by atoms with E-state index < -0.39 is 0 Å². The molecule has 1 radical (unpaired) electrons. The summed E-state index contributed by atoms with van der Waals surface area (Å²) in [6, 6.07) is 34.2. The van der Waals surface area contributed by atoms with Gasteiger partial charge in [0.15, 0.2) is 5.78 Å². The van der Waals surface area contributed by atoms with E-state index in [-0.39, 0.29) is 37.1 Å². The molecule has 1 heterocycles. The Morgan fingerprint density at radius 3 is 2.22 bits per heavy atom. The van der Waals surface area contributed by atoms with Gasteiger partial charge in [-0.15, -0.1) is 35.4 Å². The fourth-order valence-corrected chi connectivity index (χ4v) is 5.57. The Morgan fingerprint density at radius 2 is 1.59 bits per heavy atom. The molecular formula is C37H34IrNO2-. The van der Waals surface area contributed by atoms with E-state index >= 15 is 0 Å². The van der Waals surface area contributed by atoms with Gasteiger partial charge in [-0.2, -0.15) is 0 Å². The molecule has 4 aromatic carbocycles. The number of fused-ring (bicyclic) bond motifs is 4. The number of aliphatic hydroxyl groups excluding tert-OH is 1. The van der Waals surface area contributed by atoms with Gasteiger partial charge >= 0.3 is 0 Å². The normalized spacial score (nSPS) is 13.0. The molecule has 0 aliphatic heterocycles. The molecule has 0 bridgehead atoms. The molecular weight excluding hydrogens is 683 g/mol. The Morgan fingerprint density at radius 1 is 0.829 bits per heavy atom. The van der Waals surface area contributed by atoms with Crippen LogP contribution in [0.5, 0.6) is 0 Å². The molecule has 0 atom stereocenters. The Hall–Kier alpha value is -3.85. The van der Waals surface area contributed by atoms with Crippen molar-refractivity contribution in [3.63, 3.8) is 0 Å². The molecule has 0 spiro atoms. The Labute approximate surface area is 256 Å². The van der Waals surface area contributed by atoms with Crippen LogP contribution in [0.2, 0.25) is 0 Å². The summed E-state index contributed by atoms with van der Waals surface area (Å²) in [6.45, 7) is 11.7. The number of benzene rings is 4. The number of allylic oxidation sites excluding steroid dienone is 2. The summed E-state index contributed by atoms with van der Waals surface area (Å²) in [5, 5.41) is 9.56. The van der Waals surface area contributed by atoms with E-state index in [4.69, 9.17) is 10.1 Å². The predicted molar refractivity (Wildman–Crippen MR) is 166 cm³/mol. The monoisotopic (exact) mass is 717 g/mol. The summed E-state index contributed by atoms with van der Waals surface area (Å²) < 4.78 is 0. The smallest absolute Gasteiger partial charge is 0.155 e. The van der Waals surface area contributed by atoms with Crippen molar-refractivity contribution in [2.24, 2.45) is 0 Å². The average Bonchev–Trinajstić information content (AvgIpc) is 3.13. The molecule has 41 heavy (non-hydrogen) atoms. The van der Waals surface area contributed by atoms with E-state index in [0.717, 1.165) is 16.8 Å². The number of nitrogens with zero attached hydrogens (tertiary/aromatic N) is 1. The third-order valence-corrected chi connectivity index (χ3v) is 7.50. The minimum absolute atomic E-state index is 0. The Kier molecular flexibility index (Phi) is 8.77. The van der Waals surface area contributed by atoms with Gasteiger partial charge in [0.1, 0.15) is 0 Å². The van der Waals surface area contributed by atoms with Crippen LogP contribution in [0.15, 0.2) is 96.8 Å². The van der Waals surface area contributed by atoms with E-state index in [1.807, 2.05) is 6.07 Å². The summed E-state index contributed by atoms with van der Waals surface area (Å²) in [5.41, 5.74) is 13.3. The molecule has 6 rings (SSSR count). The number of carbonyl (C=O) groups is 1. The maximum Gasteiger partial charge on any atom is 0.155 e. The predicted octanol–water partition coefficient (Wildman–Crippen LogP) is 9.33. The number of aliphatic hydroxyl groups is 1. The molecule has 0 fully saturated rings. The topological polar surface area (TPSA) is 50.2 Å². The van der Waals surface area contributed by atoms with E-state index in [0.29, 0.717) is 0 Å². The summed E-state index contributed by atoms with van der Waals surface area (Å²) in [7, 11) is 0. The van der Waals surface area contributed by atoms with Crippen LogP contribution in [0, 0.1) is 19.9 Å². The van der Waals surface area contributed by atoms with E-state index in [1.165, 1.54) is 69.8 Å². The third-order valence-electron chi connectivity index (χ3n) is 7.50. The largest absolute Gasteiger partial charge is 0.512 e. The molecule has 1 aromatic heterocycles. The molecule has 209 valence electrons. The number of hydrogen-bond acceptors (Lipinski definition) is 3. The number of carbonyl (C=O) groups excluding carboxylic acids is 1. The minimum Gasteiger partial charge on any atom is -0.512 e. The van der Waals surface area contributed by atoms with Crippen LogP contribution < -0.4 is 0 Å². The van der Waals surface area contributed by atoms with Crippen LogP contribution in [-0.2, 0) is 30.3 Å². The first kappa shape index (κ1) is 30.1. The van der Waals surface area contributed by atoms with Crippen LogP contribution in [0.1, 0.15) is 49.9 Å². The number of aryl methyl sites for hydroxylation is 2. The van der Waals surface area contributed by atoms with Gasteiger partial charge in [0.05, 0.1) is 11.3 Å². The second kappa shape index (κ2) is 11.9. The molecule has 1 aliphatic carbocycles. The molecule has 0 saturated carbocycles. The van der Waals surface area contributed by atoms with Gasteiger partial charge < -0.3 is 5.11 Å². The Balaban J connectivity index is 0.000000434. The SMILES string of the molecule is CC(=O)/C=C(/C)O.Cc1c[c-]c(-c2cc(-c3cccc(C)c3)c3cc4c(cc3n2)C(C)(C)c2ccccc2-4)cc1.[Ir]. The van der Waals surface area contributed by atoms with E-state index in [2.05, 4.69) is 113 Å². The second-order valence-electron chi connectivity index (χ2n) is 11.2. The molecule has 4 heteroatoms. The zero-order chi connectivity index (χ0) is 28.6. The second-order valence-corrected chi connectivity index (χ2v) is 11.2. The summed E-state index contributed by atoms with van der Waals surface area (Å²) >= 11 is 0. The van der Waals surface area contributed by atoms with Crippen LogP contribution in [0.4, 0.5) is 0 Å². The van der Waals surface area contributed by atoms with Crippen molar-refractivity contribution in [1.29, 1.82) is 0 Å². The fraction of sp³-hybridized carbons (Fsp3) is 0.189. The van der Waals surface area contributed by atoms with Gasteiger partial charge in [-0.25, -0.2) is 0 Å². The van der Waals surface area contributed by atoms with Crippen LogP contribution in [-0.4, -0.2) is 15.9 Å². The Bertz CT molecular complexity index is 1780. The van der Waals surface area contributed by atoms with Gasteiger partial charge in [0.25, 0.3) is 0 Å². The van der Waals surface area contributed by atoms with Crippen molar-refractivity contribution in [1.82, 2.24) is 4.98 Å². The number of pyridine rings is 1. The molecule has 5 aromatic rings. The van der Waals surface area contributed by atoms with Crippen molar-refractivity contribution >= 4 is 16.7 Å². The quantitative estimate of drug-likeness (QED) is 0.115. The number of rotatable bonds is 3. The molecule has 3 nitrogen and oxygen atoms in total. The van der Waals surface area contributed by atoms with Crippen LogP contribution in [0.3, 0.4) is 0 Å². The van der Waals surface area contributed by atoms with Crippen molar-refractivity contribution in [3.8, 4) is 33.5 Å². The standard InChI is InChI=1S/C32H26N.C5H8O2.Ir/c1-20-12-14-22(15-13-20)30-18-25(23-9-7-8-21(2)16-23)27-17-26-24-10-5-6-11-28(24)32(3,4)29(26)19-31(27)33-30;1-4(6)3-5(2)7;/h5-14,16-19H,1-4H3;3,6H,1-2H3;/q-1;;/b;4-3-;. The van der Waals surface area contributed by atoms with E-state index in [1.54, 1.807) is 0 Å². The van der Waals surface area contributed by atoms with Gasteiger partial charge in [0.2, 0.25) is 0 Å². The number of ketones is 1. The summed E-state index contributed by atoms with van der Waals surface area (Å²) in [6.07, 6.45) is 1.17. The van der Waals surface area contributed by atoms with Gasteiger partial charge in [-0.3, -0.25) is 9.78 Å².